The number of aliphatic hydroxyl groups is 1. The van der Waals surface area contributed by atoms with Gasteiger partial charge in [-0.25, -0.2) is 0 Å². The SMILES string of the molecule is COc1ccc(Cl)cc1/C(O)=C1\C(=O)C(=O)N(c2ccc(C)cc2)C1c1ccc(O)cc1. The van der Waals surface area contributed by atoms with Gasteiger partial charge in [0.05, 0.1) is 24.3 Å². The monoisotopic (exact) mass is 449 g/mol. The highest BCUT2D eigenvalue weighted by atomic mass is 35.5. The maximum absolute atomic E-state index is 13.2. The van der Waals surface area contributed by atoms with Crippen molar-refractivity contribution in [1.82, 2.24) is 0 Å². The van der Waals surface area contributed by atoms with E-state index in [9.17, 15) is 19.8 Å². The standard InChI is InChI=1S/C25H20ClNO5/c1-14-3-8-17(9-4-14)27-22(15-5-10-18(28)11-6-15)21(24(30)25(27)31)23(29)19-13-16(26)7-12-20(19)32-2/h3-13,22,28-29H,1-2H3/b23-21+. The van der Waals surface area contributed by atoms with Crippen LogP contribution in [0.25, 0.3) is 5.76 Å². The van der Waals surface area contributed by atoms with Gasteiger partial charge in [0.1, 0.15) is 17.3 Å². The molecule has 3 aromatic carbocycles. The third-order valence-electron chi connectivity index (χ3n) is 5.38. The van der Waals surface area contributed by atoms with Gasteiger partial charge in [-0.2, -0.15) is 0 Å². The molecule has 1 unspecified atom stereocenters. The summed E-state index contributed by atoms with van der Waals surface area (Å²) >= 11 is 6.12. The molecule has 162 valence electrons. The van der Waals surface area contributed by atoms with E-state index in [1.165, 1.54) is 30.2 Å². The lowest BCUT2D eigenvalue weighted by atomic mass is 9.94. The number of aliphatic hydroxyl groups excluding tert-OH is 1. The van der Waals surface area contributed by atoms with Gasteiger partial charge in [0.25, 0.3) is 11.7 Å². The van der Waals surface area contributed by atoms with Crippen molar-refractivity contribution in [3.63, 3.8) is 0 Å². The number of methoxy groups -OCH3 is 1. The number of nitrogens with zero attached hydrogens (tertiary/aromatic N) is 1. The van der Waals surface area contributed by atoms with Gasteiger partial charge in [0, 0.05) is 10.7 Å². The van der Waals surface area contributed by atoms with Crippen molar-refractivity contribution in [2.24, 2.45) is 0 Å². The lowest BCUT2D eigenvalue weighted by Gasteiger charge is -2.25. The van der Waals surface area contributed by atoms with Crippen LogP contribution in [0.3, 0.4) is 0 Å². The van der Waals surface area contributed by atoms with E-state index in [0.29, 0.717) is 22.0 Å². The van der Waals surface area contributed by atoms with Crippen LogP contribution in [-0.2, 0) is 9.59 Å². The number of phenolic OH excluding ortho intramolecular Hbond substituents is 1. The van der Waals surface area contributed by atoms with Crippen molar-refractivity contribution in [3.05, 3.63) is 94.0 Å². The molecular formula is C25H20ClNO5. The second-order valence-corrected chi connectivity index (χ2v) is 7.88. The van der Waals surface area contributed by atoms with Crippen LogP contribution in [0.1, 0.15) is 22.7 Å². The van der Waals surface area contributed by atoms with Gasteiger partial charge in [-0.1, -0.05) is 41.4 Å². The minimum atomic E-state index is -0.915. The van der Waals surface area contributed by atoms with Gasteiger partial charge in [0.2, 0.25) is 0 Å². The molecule has 3 aromatic rings. The van der Waals surface area contributed by atoms with E-state index in [4.69, 9.17) is 16.3 Å². The van der Waals surface area contributed by atoms with Crippen molar-refractivity contribution in [2.75, 3.05) is 12.0 Å². The predicted octanol–water partition coefficient (Wildman–Crippen LogP) is 4.99. The van der Waals surface area contributed by atoms with Crippen LogP contribution >= 0.6 is 11.6 Å². The Morgan fingerprint density at radius 2 is 1.66 bits per heavy atom. The Kier molecular flexibility index (Phi) is 5.63. The summed E-state index contributed by atoms with van der Waals surface area (Å²) < 4.78 is 5.33. The molecule has 0 bridgehead atoms. The molecule has 1 atom stereocenters. The van der Waals surface area contributed by atoms with Crippen LogP contribution in [0.15, 0.2) is 72.3 Å². The second kappa shape index (κ2) is 8.40. The lowest BCUT2D eigenvalue weighted by molar-refractivity contribution is -0.132. The number of carbonyl (C=O) groups is 2. The number of aryl methyl sites for hydroxylation is 1. The zero-order valence-corrected chi connectivity index (χ0v) is 18.1. The Morgan fingerprint density at radius 3 is 2.28 bits per heavy atom. The zero-order chi connectivity index (χ0) is 23.0. The normalized spacial score (nSPS) is 17.6. The maximum atomic E-state index is 13.2. The van der Waals surface area contributed by atoms with Gasteiger partial charge in [-0.05, 0) is 55.0 Å². The summed E-state index contributed by atoms with van der Waals surface area (Å²) in [6.45, 7) is 1.92. The third-order valence-corrected chi connectivity index (χ3v) is 5.62. The van der Waals surface area contributed by atoms with E-state index in [1.807, 2.05) is 19.1 Å². The van der Waals surface area contributed by atoms with Crippen molar-refractivity contribution in [1.29, 1.82) is 0 Å². The molecule has 7 heteroatoms. The van der Waals surface area contributed by atoms with Gasteiger partial charge < -0.3 is 14.9 Å². The number of carbonyl (C=O) groups excluding carboxylic acids is 2. The molecule has 1 aliphatic rings. The van der Waals surface area contributed by atoms with Crippen LogP contribution in [0.2, 0.25) is 5.02 Å². The third kappa shape index (κ3) is 3.69. The minimum absolute atomic E-state index is 0.0394. The first kappa shape index (κ1) is 21.5. The number of benzene rings is 3. The molecule has 0 radical (unpaired) electrons. The Labute approximate surface area is 189 Å². The first-order valence-corrected chi connectivity index (χ1v) is 10.2. The molecule has 1 aliphatic heterocycles. The molecule has 2 N–H and O–H groups in total. The van der Waals surface area contributed by atoms with E-state index < -0.39 is 23.5 Å². The van der Waals surface area contributed by atoms with Crippen molar-refractivity contribution < 1.29 is 24.5 Å². The summed E-state index contributed by atoms with van der Waals surface area (Å²) in [5, 5.41) is 21.3. The average Bonchev–Trinajstić information content (AvgIpc) is 3.05. The number of phenols is 1. The molecule has 32 heavy (non-hydrogen) atoms. The van der Waals surface area contributed by atoms with E-state index in [2.05, 4.69) is 0 Å². The molecule has 1 saturated heterocycles. The number of hydrogen-bond acceptors (Lipinski definition) is 5. The van der Waals surface area contributed by atoms with E-state index >= 15 is 0 Å². The summed E-state index contributed by atoms with van der Waals surface area (Å²) in [6, 6.07) is 17.0. The quantitative estimate of drug-likeness (QED) is 0.333. The van der Waals surface area contributed by atoms with E-state index in [1.54, 1.807) is 36.4 Å². The molecule has 0 aliphatic carbocycles. The minimum Gasteiger partial charge on any atom is -0.508 e. The number of ether oxygens (including phenoxy) is 1. The fourth-order valence-electron chi connectivity index (χ4n) is 3.79. The number of amides is 1. The van der Waals surface area contributed by atoms with Gasteiger partial charge in [0.15, 0.2) is 0 Å². The smallest absolute Gasteiger partial charge is 0.300 e. The molecule has 1 amide bonds. The molecule has 0 saturated carbocycles. The first-order chi connectivity index (χ1) is 15.3. The largest absolute Gasteiger partial charge is 0.508 e. The number of rotatable bonds is 4. The highest BCUT2D eigenvalue weighted by Gasteiger charge is 2.47. The maximum Gasteiger partial charge on any atom is 0.300 e. The fraction of sp³-hybridized carbons (Fsp3) is 0.120. The molecule has 0 spiro atoms. The molecule has 1 fully saturated rings. The molecule has 0 aromatic heterocycles. The molecular weight excluding hydrogens is 430 g/mol. The molecule has 4 rings (SSSR count). The fourth-order valence-corrected chi connectivity index (χ4v) is 3.96. The average molecular weight is 450 g/mol. The zero-order valence-electron chi connectivity index (χ0n) is 17.4. The molecule has 6 nitrogen and oxygen atoms in total. The highest BCUT2D eigenvalue weighted by Crippen LogP contribution is 2.43. The van der Waals surface area contributed by atoms with E-state index in [-0.39, 0.29) is 16.9 Å². The van der Waals surface area contributed by atoms with Crippen molar-refractivity contribution in [3.8, 4) is 11.5 Å². The lowest BCUT2D eigenvalue weighted by Crippen LogP contribution is -2.29. The van der Waals surface area contributed by atoms with Crippen LogP contribution in [0.5, 0.6) is 11.5 Å². The topological polar surface area (TPSA) is 87.1 Å². The van der Waals surface area contributed by atoms with Crippen LogP contribution in [0, 0.1) is 6.92 Å². The highest BCUT2D eigenvalue weighted by molar-refractivity contribution is 6.51. The van der Waals surface area contributed by atoms with E-state index in [0.717, 1.165) is 5.56 Å². The van der Waals surface area contributed by atoms with Gasteiger partial charge >= 0.3 is 0 Å². The van der Waals surface area contributed by atoms with Crippen LogP contribution in [-0.4, -0.2) is 29.0 Å². The van der Waals surface area contributed by atoms with Gasteiger partial charge in [-0.15, -0.1) is 0 Å². The summed E-state index contributed by atoms with van der Waals surface area (Å²) in [6.07, 6.45) is 0. The summed E-state index contributed by atoms with van der Waals surface area (Å²) in [5.41, 5.74) is 2.15. The number of halogens is 1. The number of anilines is 1. The van der Waals surface area contributed by atoms with Crippen molar-refractivity contribution in [2.45, 2.75) is 13.0 Å². The molecule has 1 heterocycles. The summed E-state index contributed by atoms with van der Waals surface area (Å²) in [4.78, 5) is 27.7. The summed E-state index contributed by atoms with van der Waals surface area (Å²) in [5.74, 6) is -1.65. The van der Waals surface area contributed by atoms with Crippen LogP contribution < -0.4 is 9.64 Å². The summed E-state index contributed by atoms with van der Waals surface area (Å²) in [7, 11) is 1.43. The number of hydrogen-bond donors (Lipinski definition) is 2. The van der Waals surface area contributed by atoms with Crippen LogP contribution in [0.4, 0.5) is 5.69 Å². The number of aromatic hydroxyl groups is 1. The van der Waals surface area contributed by atoms with Crippen molar-refractivity contribution >= 4 is 34.7 Å². The Hall–Kier alpha value is -3.77. The van der Waals surface area contributed by atoms with Gasteiger partial charge in [-0.3, -0.25) is 14.5 Å². The Morgan fingerprint density at radius 1 is 1.00 bits per heavy atom. The Balaban J connectivity index is 1.98. The number of Topliss-reactive ketones (excluding diaryl/α,β-unsaturated/α-hetero) is 1. The number of ketones is 1. The second-order valence-electron chi connectivity index (χ2n) is 7.44. The first-order valence-electron chi connectivity index (χ1n) is 9.82. The predicted molar refractivity (Wildman–Crippen MR) is 122 cm³/mol. The Bertz CT molecular complexity index is 1230.